The van der Waals surface area contributed by atoms with Crippen molar-refractivity contribution in [3.05, 3.63) is 87.5 Å². The number of rotatable bonds is 21. The van der Waals surface area contributed by atoms with Gasteiger partial charge in [-0.25, -0.2) is 4.70 Å². The predicted octanol–water partition coefficient (Wildman–Crippen LogP) is 14.5. The fourth-order valence-electron chi connectivity index (χ4n) is 6.97. The van der Waals surface area contributed by atoms with E-state index in [9.17, 15) is 5.53 Å². The minimum atomic E-state index is -1.24. The first-order valence-corrected chi connectivity index (χ1v) is 23.9. The molecule has 2 aromatic carbocycles. The van der Waals surface area contributed by atoms with E-state index in [1.807, 2.05) is 0 Å². The van der Waals surface area contributed by atoms with Crippen molar-refractivity contribution in [2.24, 2.45) is 0 Å². The molecule has 0 amide bonds. The van der Waals surface area contributed by atoms with Crippen molar-refractivity contribution in [1.29, 1.82) is 0 Å². The molecule has 0 atom stereocenters. The van der Waals surface area contributed by atoms with Gasteiger partial charge in [0.05, 0.1) is 8.07 Å². The summed E-state index contributed by atoms with van der Waals surface area (Å²) in [5, 5.41) is 0. The molecule has 0 spiro atoms. The van der Waals surface area contributed by atoms with Gasteiger partial charge in [-0.2, -0.15) is 0 Å². The Morgan fingerprint density at radius 3 is 1.41 bits per heavy atom. The van der Waals surface area contributed by atoms with Crippen LogP contribution in [-0.4, -0.2) is 12.8 Å². The van der Waals surface area contributed by atoms with Crippen molar-refractivity contribution in [3.63, 3.8) is 0 Å². The van der Waals surface area contributed by atoms with E-state index in [0.717, 1.165) is 54.6 Å². The Morgan fingerprint density at radius 2 is 0.935 bits per heavy atom. The van der Waals surface area contributed by atoms with Crippen LogP contribution in [0.5, 0.6) is 0 Å². The Balaban J connectivity index is 0.00000236. The van der Waals surface area contributed by atoms with Gasteiger partial charge in [0.2, 0.25) is 11.4 Å². The molecular formula is C40H62Cl2N2NiSi. The standard InChI is InChI=1S/C40H62N2Si.2ClH.Ni/c1-7-13-16-17-18-20-21-33-24-28-35(29-25-33)39-37(22-15-9-3)38(23-19-14-8-2)40(42(39)41)36-30-26-34(27-31-36)32-43(10-4,11-5)12-6;;;/h24-31H,7-23,32H2,1-6H3;2*1H;/q;;;+2/p-2. The van der Waals surface area contributed by atoms with Gasteiger partial charge < -0.3 is 5.53 Å². The average molecular weight is 729 g/mol. The van der Waals surface area contributed by atoms with Crippen molar-refractivity contribution in [3.8, 4) is 0 Å². The van der Waals surface area contributed by atoms with Crippen molar-refractivity contribution in [2.75, 3.05) is 0 Å². The van der Waals surface area contributed by atoms with Gasteiger partial charge >= 0.3 is 33.0 Å². The predicted molar refractivity (Wildman–Crippen MR) is 204 cm³/mol. The fraction of sp³-hybridized carbons (Fsp3) is 0.600. The molecule has 2 nitrogen and oxygen atoms in total. The molecule has 1 aliphatic rings. The Bertz CT molecular complexity index is 1210. The molecule has 3 rings (SSSR count). The third-order valence-electron chi connectivity index (χ3n) is 10.3. The number of benzene rings is 2. The van der Waals surface area contributed by atoms with Gasteiger partial charge in [-0.15, -0.1) is 0 Å². The maximum atomic E-state index is 12.0. The van der Waals surface area contributed by atoms with Crippen LogP contribution in [0.1, 0.15) is 147 Å². The molecule has 1 aliphatic heterocycles. The van der Waals surface area contributed by atoms with E-state index < -0.39 is 8.07 Å². The Hall–Kier alpha value is -1.19. The molecule has 0 radical (unpaired) electrons. The molecule has 0 unspecified atom stereocenters. The first-order chi connectivity index (χ1) is 22.4. The van der Waals surface area contributed by atoms with E-state index in [0.29, 0.717) is 12.7 Å². The summed E-state index contributed by atoms with van der Waals surface area (Å²) in [5.41, 5.74) is 21.9. The van der Waals surface area contributed by atoms with E-state index in [-0.39, 0.29) is 0 Å². The van der Waals surface area contributed by atoms with Gasteiger partial charge in [0.1, 0.15) is 0 Å². The van der Waals surface area contributed by atoms with E-state index >= 15 is 0 Å². The van der Waals surface area contributed by atoms with Gasteiger partial charge in [0.15, 0.2) is 0 Å². The molecule has 46 heavy (non-hydrogen) atoms. The number of aryl methyl sites for hydroxylation is 1. The molecule has 0 saturated heterocycles. The van der Waals surface area contributed by atoms with E-state index in [1.54, 1.807) is 4.70 Å². The molecule has 0 fully saturated rings. The fourth-order valence-corrected chi connectivity index (χ4v) is 10.3. The number of nitrogens with zero attached hydrogens (tertiary/aromatic N) is 2. The van der Waals surface area contributed by atoms with E-state index in [4.69, 9.17) is 20.4 Å². The van der Waals surface area contributed by atoms with Gasteiger partial charge in [0.25, 0.3) is 0 Å². The summed E-state index contributed by atoms with van der Waals surface area (Å²) < 4.78 is 1.56. The second-order valence-corrected chi connectivity index (χ2v) is 20.3. The number of unbranched alkanes of at least 4 members (excludes halogenated alkanes) is 8. The van der Waals surface area contributed by atoms with Gasteiger partial charge in [-0.05, 0) is 74.4 Å². The average Bonchev–Trinajstić information content (AvgIpc) is 3.35. The van der Waals surface area contributed by atoms with Crippen LogP contribution in [0.25, 0.3) is 16.9 Å². The number of allylic oxidation sites excluding steroid dienone is 2. The van der Waals surface area contributed by atoms with Crippen LogP contribution in [-0.2, 0) is 25.1 Å². The molecule has 260 valence electrons. The Morgan fingerprint density at radius 1 is 0.543 bits per heavy atom. The molecule has 0 saturated carbocycles. The molecule has 1 heterocycles. The van der Waals surface area contributed by atoms with Crippen LogP contribution in [0.4, 0.5) is 0 Å². The summed E-state index contributed by atoms with van der Waals surface area (Å²) in [6.45, 7) is 14.0. The van der Waals surface area contributed by atoms with Crippen molar-refractivity contribution < 1.29 is 17.4 Å². The third kappa shape index (κ3) is 12.4. The van der Waals surface area contributed by atoms with Crippen LogP contribution in [0, 0.1) is 0 Å². The van der Waals surface area contributed by atoms with E-state index in [1.165, 1.54) is 104 Å². The summed E-state index contributed by atoms with van der Waals surface area (Å²) >= 11 is 0.569. The summed E-state index contributed by atoms with van der Waals surface area (Å²) in [5.74, 6) is 0. The zero-order valence-corrected chi connectivity index (χ0v) is 33.3. The first kappa shape index (κ1) is 41.0. The molecule has 6 heteroatoms. The third-order valence-corrected chi connectivity index (χ3v) is 15.9. The normalized spacial score (nSPS) is 13.5. The second kappa shape index (κ2) is 23.2. The molecule has 0 bridgehead atoms. The van der Waals surface area contributed by atoms with Crippen LogP contribution < -0.4 is 0 Å². The zero-order chi connectivity index (χ0) is 33.8. The van der Waals surface area contributed by atoms with Crippen LogP contribution in [0.15, 0.2) is 59.7 Å². The summed E-state index contributed by atoms with van der Waals surface area (Å²) in [6.07, 6.45) is 17.1. The van der Waals surface area contributed by atoms with Crippen LogP contribution in [0.3, 0.4) is 0 Å². The number of hydrogen-bond acceptors (Lipinski definition) is 0. The summed E-state index contributed by atoms with van der Waals surface area (Å²) in [7, 11) is 8.16. The molecule has 2 aromatic rings. The molecule has 0 aliphatic carbocycles. The van der Waals surface area contributed by atoms with Crippen molar-refractivity contribution >= 4 is 39.9 Å². The van der Waals surface area contributed by atoms with Crippen molar-refractivity contribution in [2.45, 2.75) is 156 Å². The maximum absolute atomic E-state index is 12.0. The Labute approximate surface area is 298 Å². The monoisotopic (exact) mass is 726 g/mol. The summed E-state index contributed by atoms with van der Waals surface area (Å²) in [6, 6.07) is 23.7. The van der Waals surface area contributed by atoms with Gasteiger partial charge in [-0.3, -0.25) is 0 Å². The topological polar surface area (TPSA) is 25.3 Å². The zero-order valence-electron chi connectivity index (χ0n) is 29.8. The first-order valence-electron chi connectivity index (χ1n) is 18.4. The van der Waals surface area contributed by atoms with Crippen LogP contribution in [0.2, 0.25) is 18.1 Å². The van der Waals surface area contributed by atoms with Crippen LogP contribution >= 0.6 is 20.4 Å². The van der Waals surface area contributed by atoms with Crippen molar-refractivity contribution in [1.82, 2.24) is 0 Å². The molecule has 0 N–H and O–H groups in total. The number of halogens is 2. The Kier molecular flexibility index (Phi) is 20.7. The number of hydrogen-bond donors (Lipinski definition) is 0. The molecular weight excluding hydrogens is 666 g/mol. The quantitative estimate of drug-likeness (QED) is 0.0695. The second-order valence-electron chi connectivity index (χ2n) is 13.2. The van der Waals surface area contributed by atoms with Gasteiger partial charge in [-0.1, -0.05) is 141 Å². The molecule has 0 aromatic heterocycles. The van der Waals surface area contributed by atoms with E-state index in [2.05, 4.69) is 90.1 Å². The SMILES string of the molecule is CCCCCCCCc1ccc(C2=C(CCCC)C(CCCCC)=C(c3ccc(C[Si](CC)(CC)CC)cc3)[N+]2=[N-])cc1.[Cl][Ni][Cl]. The summed E-state index contributed by atoms with van der Waals surface area (Å²) in [4.78, 5) is 0. The minimum absolute atomic E-state index is 0.569. The van der Waals surface area contributed by atoms with Gasteiger partial charge in [0, 0.05) is 22.3 Å².